The first-order chi connectivity index (χ1) is 25.1. The quantitative estimate of drug-likeness (QED) is 0.179. The van der Waals surface area contributed by atoms with E-state index in [1.807, 2.05) is 0 Å². The molecule has 0 spiro atoms. The van der Waals surface area contributed by atoms with Gasteiger partial charge in [-0.3, -0.25) is 0 Å². The van der Waals surface area contributed by atoms with Gasteiger partial charge in [-0.2, -0.15) is 0 Å². The minimum Gasteiger partial charge on any atom is -0.310 e. The van der Waals surface area contributed by atoms with Gasteiger partial charge in [0.15, 0.2) is 0 Å². The van der Waals surface area contributed by atoms with Crippen LogP contribution in [0.1, 0.15) is 47.2 Å². The molecule has 0 aliphatic heterocycles. The minimum atomic E-state index is -0.430. The summed E-state index contributed by atoms with van der Waals surface area (Å²) in [4.78, 5) is 2.48. The third-order valence-corrected chi connectivity index (χ3v) is 11.5. The number of hydrogen-bond acceptors (Lipinski definition) is 1. The Morgan fingerprint density at radius 2 is 0.843 bits per heavy atom. The predicted molar refractivity (Wildman–Crippen MR) is 213 cm³/mol. The van der Waals surface area contributed by atoms with Crippen molar-refractivity contribution in [3.8, 4) is 22.3 Å². The van der Waals surface area contributed by atoms with Crippen molar-refractivity contribution in [3.63, 3.8) is 0 Å². The van der Waals surface area contributed by atoms with Crippen molar-refractivity contribution >= 4 is 27.8 Å². The average Bonchev–Trinajstić information content (AvgIpc) is 3.61. The summed E-state index contributed by atoms with van der Waals surface area (Å²) in [6, 6.07) is 69.7. The van der Waals surface area contributed by atoms with Crippen molar-refractivity contribution in [1.82, 2.24) is 0 Å². The molecule has 0 amide bonds. The lowest BCUT2D eigenvalue weighted by Gasteiger charge is -2.34. The molecule has 2 aliphatic carbocycles. The number of rotatable bonds is 5. The summed E-state index contributed by atoms with van der Waals surface area (Å²) in [6.07, 6.45) is 0. The SMILES string of the molecule is CC1(C)c2ccccc2-c2cc(N(c3ccc4c(c3)-c3ccccc3C4(c3ccccc3)c3ccccc3)c3cccc4ccccc34)ccc21. The Hall–Kier alpha value is -6.18. The molecule has 0 radical (unpaired) electrons. The van der Waals surface area contributed by atoms with E-state index in [1.54, 1.807) is 0 Å². The fourth-order valence-electron chi connectivity index (χ4n) is 9.25. The molecule has 2 aliphatic rings. The van der Waals surface area contributed by atoms with E-state index in [4.69, 9.17) is 0 Å². The van der Waals surface area contributed by atoms with Gasteiger partial charge in [-0.05, 0) is 91.4 Å². The second kappa shape index (κ2) is 11.2. The molecule has 1 heteroatoms. The highest BCUT2D eigenvalue weighted by atomic mass is 15.1. The third-order valence-electron chi connectivity index (χ3n) is 11.5. The molecule has 0 fully saturated rings. The number of hydrogen-bond donors (Lipinski definition) is 0. The zero-order chi connectivity index (χ0) is 34.2. The summed E-state index contributed by atoms with van der Waals surface area (Å²) >= 11 is 0. The Kier molecular flexibility index (Phi) is 6.51. The Balaban J connectivity index is 1.25. The van der Waals surface area contributed by atoms with E-state index >= 15 is 0 Å². The molecule has 10 rings (SSSR count). The summed E-state index contributed by atoms with van der Waals surface area (Å²) < 4.78 is 0. The van der Waals surface area contributed by atoms with Crippen LogP contribution in [-0.2, 0) is 10.8 Å². The molecular formula is C50H37N. The van der Waals surface area contributed by atoms with Gasteiger partial charge in [0.05, 0.1) is 11.1 Å². The van der Waals surface area contributed by atoms with Crippen LogP contribution in [0, 0.1) is 0 Å². The van der Waals surface area contributed by atoms with Crippen LogP contribution in [0.4, 0.5) is 17.1 Å². The van der Waals surface area contributed by atoms with Crippen molar-refractivity contribution in [3.05, 3.63) is 221 Å². The Morgan fingerprint density at radius 1 is 0.373 bits per heavy atom. The van der Waals surface area contributed by atoms with Gasteiger partial charge in [-0.25, -0.2) is 0 Å². The van der Waals surface area contributed by atoms with Gasteiger partial charge in [0.2, 0.25) is 0 Å². The van der Waals surface area contributed by atoms with E-state index in [0.29, 0.717) is 0 Å². The summed E-state index contributed by atoms with van der Waals surface area (Å²) in [5.74, 6) is 0. The van der Waals surface area contributed by atoms with Gasteiger partial charge in [-0.1, -0.05) is 172 Å². The first-order valence-electron chi connectivity index (χ1n) is 17.9. The maximum Gasteiger partial charge on any atom is 0.0713 e. The predicted octanol–water partition coefficient (Wildman–Crippen LogP) is 13.0. The molecule has 0 bridgehead atoms. The molecule has 0 atom stereocenters. The van der Waals surface area contributed by atoms with Gasteiger partial charge in [0, 0.05) is 22.2 Å². The van der Waals surface area contributed by atoms with E-state index < -0.39 is 5.41 Å². The zero-order valence-corrected chi connectivity index (χ0v) is 28.8. The van der Waals surface area contributed by atoms with Crippen LogP contribution in [0.15, 0.2) is 188 Å². The van der Waals surface area contributed by atoms with Crippen molar-refractivity contribution in [2.75, 3.05) is 4.90 Å². The number of fused-ring (bicyclic) bond motifs is 7. The summed E-state index contributed by atoms with van der Waals surface area (Å²) in [7, 11) is 0. The number of nitrogens with zero attached hydrogens (tertiary/aromatic N) is 1. The fraction of sp³-hybridized carbons (Fsp3) is 0.0800. The lowest BCUT2D eigenvalue weighted by molar-refractivity contribution is 0.660. The van der Waals surface area contributed by atoms with Gasteiger partial charge >= 0.3 is 0 Å². The molecule has 0 aromatic heterocycles. The van der Waals surface area contributed by atoms with Crippen molar-refractivity contribution in [1.29, 1.82) is 0 Å². The number of anilines is 3. The molecular weight excluding hydrogens is 615 g/mol. The summed E-state index contributed by atoms with van der Waals surface area (Å²) in [6.45, 7) is 4.70. The second-order valence-electron chi connectivity index (χ2n) is 14.5. The monoisotopic (exact) mass is 651 g/mol. The molecule has 0 saturated carbocycles. The van der Waals surface area contributed by atoms with Crippen LogP contribution in [0.3, 0.4) is 0 Å². The fourth-order valence-corrected chi connectivity index (χ4v) is 9.25. The van der Waals surface area contributed by atoms with E-state index in [9.17, 15) is 0 Å². The molecule has 8 aromatic carbocycles. The lowest BCUT2D eigenvalue weighted by Crippen LogP contribution is -2.28. The van der Waals surface area contributed by atoms with Gasteiger partial charge in [0.25, 0.3) is 0 Å². The van der Waals surface area contributed by atoms with Crippen molar-refractivity contribution in [2.24, 2.45) is 0 Å². The number of benzene rings is 8. The molecule has 0 N–H and O–H groups in total. The smallest absolute Gasteiger partial charge is 0.0713 e. The molecule has 51 heavy (non-hydrogen) atoms. The van der Waals surface area contributed by atoms with E-state index in [1.165, 1.54) is 72.1 Å². The highest BCUT2D eigenvalue weighted by Gasteiger charge is 2.46. The van der Waals surface area contributed by atoms with Gasteiger partial charge < -0.3 is 4.90 Å². The molecule has 0 unspecified atom stereocenters. The zero-order valence-electron chi connectivity index (χ0n) is 28.8. The highest BCUT2D eigenvalue weighted by molar-refractivity contribution is 6.00. The first kappa shape index (κ1) is 29.7. The molecule has 1 nitrogen and oxygen atoms in total. The maximum absolute atomic E-state index is 2.48. The molecule has 0 saturated heterocycles. The van der Waals surface area contributed by atoms with Crippen molar-refractivity contribution in [2.45, 2.75) is 24.7 Å². The van der Waals surface area contributed by atoms with Crippen LogP contribution in [-0.4, -0.2) is 0 Å². The maximum atomic E-state index is 2.48. The normalized spacial score (nSPS) is 14.4. The van der Waals surface area contributed by atoms with Gasteiger partial charge in [-0.15, -0.1) is 0 Å². The van der Waals surface area contributed by atoms with Crippen LogP contribution in [0.2, 0.25) is 0 Å². The summed E-state index contributed by atoms with van der Waals surface area (Å²) in [5.41, 5.74) is 16.1. The van der Waals surface area contributed by atoms with Crippen LogP contribution >= 0.6 is 0 Å². The van der Waals surface area contributed by atoms with Gasteiger partial charge in [0.1, 0.15) is 0 Å². The highest BCUT2D eigenvalue weighted by Crippen LogP contribution is 2.57. The third kappa shape index (κ3) is 4.22. The molecule has 0 heterocycles. The van der Waals surface area contributed by atoms with E-state index in [2.05, 4.69) is 207 Å². The molecule has 8 aromatic rings. The van der Waals surface area contributed by atoms with Crippen LogP contribution < -0.4 is 4.90 Å². The van der Waals surface area contributed by atoms with Crippen LogP contribution in [0.25, 0.3) is 33.0 Å². The first-order valence-corrected chi connectivity index (χ1v) is 17.9. The lowest BCUT2D eigenvalue weighted by atomic mass is 9.68. The van der Waals surface area contributed by atoms with Crippen molar-refractivity contribution < 1.29 is 0 Å². The standard InChI is InChI=1S/C50H37N/c1-49(2)44-25-13-11-23-40(44)42-32-37(28-30-45(42)49)51(48-27-15-17-34-16-9-10-22-39(34)48)38-29-31-47-43(33-38)41-24-12-14-26-46(41)50(47,35-18-5-3-6-19-35)36-20-7-4-8-21-36/h3-33H,1-2H3. The Morgan fingerprint density at radius 3 is 1.53 bits per heavy atom. The molecule has 242 valence electrons. The van der Waals surface area contributed by atoms with E-state index in [0.717, 1.165) is 11.4 Å². The largest absolute Gasteiger partial charge is 0.310 e. The minimum absolute atomic E-state index is 0.0514. The van der Waals surface area contributed by atoms with E-state index in [-0.39, 0.29) is 5.41 Å². The average molecular weight is 652 g/mol. The topological polar surface area (TPSA) is 3.24 Å². The summed E-state index contributed by atoms with van der Waals surface area (Å²) in [5, 5.41) is 2.45. The van der Waals surface area contributed by atoms with Crippen LogP contribution in [0.5, 0.6) is 0 Å². The Labute approximate surface area is 300 Å². The Bertz CT molecular complexity index is 2570. The second-order valence-corrected chi connectivity index (χ2v) is 14.5.